The summed E-state index contributed by atoms with van der Waals surface area (Å²) in [4.78, 5) is 22.1. The monoisotopic (exact) mass is 359 g/mol. The summed E-state index contributed by atoms with van der Waals surface area (Å²) < 4.78 is 66.7. The highest BCUT2D eigenvalue weighted by atomic mass is 19.4. The van der Waals surface area contributed by atoms with Crippen LogP contribution in [0.4, 0.5) is 32.4 Å². The van der Waals surface area contributed by atoms with E-state index in [0.717, 1.165) is 24.3 Å². The van der Waals surface area contributed by atoms with Gasteiger partial charge < -0.3 is 4.74 Å². The van der Waals surface area contributed by atoms with Gasteiger partial charge in [0, 0.05) is 5.56 Å². The van der Waals surface area contributed by atoms with E-state index in [-0.39, 0.29) is 16.8 Å². The number of benzene rings is 2. The quantitative estimate of drug-likeness (QED) is 0.485. The lowest BCUT2D eigenvalue weighted by Gasteiger charge is -2.12. The molecular formula is C16H10F5NO3. The van der Waals surface area contributed by atoms with E-state index in [4.69, 9.17) is 0 Å². The van der Waals surface area contributed by atoms with Crippen LogP contribution in [0.25, 0.3) is 11.1 Å². The molecule has 1 N–H and O–H groups in total. The van der Waals surface area contributed by atoms with Gasteiger partial charge in [0.2, 0.25) is 0 Å². The highest BCUT2D eigenvalue weighted by Gasteiger charge is 2.42. The molecule has 0 unspecified atom stereocenters. The number of alkyl halides is 3. The van der Waals surface area contributed by atoms with Crippen molar-refractivity contribution in [2.24, 2.45) is 0 Å². The highest BCUT2D eigenvalue weighted by Crippen LogP contribution is 2.30. The second-order valence-electron chi connectivity index (χ2n) is 4.95. The van der Waals surface area contributed by atoms with Crippen LogP contribution in [0.2, 0.25) is 0 Å². The molecule has 25 heavy (non-hydrogen) atoms. The largest absolute Gasteiger partial charge is 0.491 e. The Morgan fingerprint density at radius 2 is 1.72 bits per heavy atom. The van der Waals surface area contributed by atoms with E-state index < -0.39 is 29.9 Å². The van der Waals surface area contributed by atoms with E-state index in [1.54, 1.807) is 0 Å². The van der Waals surface area contributed by atoms with E-state index in [0.29, 0.717) is 5.56 Å². The Hall–Kier alpha value is -2.97. The van der Waals surface area contributed by atoms with E-state index >= 15 is 0 Å². The fraction of sp³-hybridized carbons (Fsp3) is 0.125. The smallest absolute Gasteiger partial charge is 0.369 e. The van der Waals surface area contributed by atoms with Crippen molar-refractivity contribution in [3.8, 4) is 11.1 Å². The van der Waals surface area contributed by atoms with Gasteiger partial charge in [0.25, 0.3) is 0 Å². The number of carbonyl (C=O) groups is 2. The van der Waals surface area contributed by atoms with Gasteiger partial charge in [-0.3, -0.25) is 5.32 Å². The summed E-state index contributed by atoms with van der Waals surface area (Å²) in [6.07, 6.45) is -7.02. The molecule has 4 nitrogen and oxygen atoms in total. The molecule has 2 aromatic carbocycles. The maximum atomic E-state index is 13.5. The number of halogens is 5. The predicted molar refractivity (Wildman–Crippen MR) is 77.7 cm³/mol. The SMILES string of the molecule is Cc1cc(-c2cc(F)ccc2NC(=O)OC(=O)C(F)(F)F)ccc1F. The fourth-order valence-electron chi connectivity index (χ4n) is 1.95. The van der Waals surface area contributed by atoms with Crippen molar-refractivity contribution < 1.29 is 36.3 Å². The Kier molecular flexibility index (Phi) is 5.05. The molecule has 0 atom stereocenters. The van der Waals surface area contributed by atoms with Crippen molar-refractivity contribution in [1.82, 2.24) is 0 Å². The molecule has 0 aromatic heterocycles. The van der Waals surface area contributed by atoms with Crippen LogP contribution in [-0.4, -0.2) is 18.2 Å². The molecular weight excluding hydrogens is 349 g/mol. The molecule has 0 aliphatic carbocycles. The number of aryl methyl sites for hydroxylation is 1. The summed E-state index contributed by atoms with van der Waals surface area (Å²) in [5, 5.41) is 1.93. The summed E-state index contributed by atoms with van der Waals surface area (Å²) in [5.41, 5.74) is 0.491. The van der Waals surface area contributed by atoms with Gasteiger partial charge in [-0.2, -0.15) is 13.2 Å². The van der Waals surface area contributed by atoms with E-state index in [1.165, 1.54) is 19.1 Å². The first-order valence-corrected chi connectivity index (χ1v) is 6.74. The molecule has 0 saturated heterocycles. The molecule has 0 saturated carbocycles. The van der Waals surface area contributed by atoms with Crippen LogP contribution in [0.5, 0.6) is 0 Å². The van der Waals surface area contributed by atoms with Crippen LogP contribution in [0, 0.1) is 18.6 Å². The third-order valence-electron chi connectivity index (χ3n) is 3.10. The van der Waals surface area contributed by atoms with Crippen molar-refractivity contribution in [2.75, 3.05) is 5.32 Å². The minimum absolute atomic E-state index is 0.0690. The van der Waals surface area contributed by atoms with Crippen molar-refractivity contribution in [3.05, 3.63) is 53.6 Å². The fourth-order valence-corrected chi connectivity index (χ4v) is 1.95. The number of hydrogen-bond donors (Lipinski definition) is 1. The zero-order valence-electron chi connectivity index (χ0n) is 12.6. The van der Waals surface area contributed by atoms with E-state index in [1.807, 2.05) is 5.32 Å². The highest BCUT2D eigenvalue weighted by molar-refractivity contribution is 5.97. The number of rotatable bonds is 2. The normalized spacial score (nSPS) is 11.1. The minimum atomic E-state index is -5.34. The molecule has 1 amide bonds. The van der Waals surface area contributed by atoms with Crippen LogP contribution < -0.4 is 5.32 Å². The molecule has 0 fully saturated rings. The first kappa shape index (κ1) is 18.4. The van der Waals surface area contributed by atoms with Gasteiger partial charge in [-0.15, -0.1) is 0 Å². The number of nitrogens with one attached hydrogen (secondary N) is 1. The Labute approximate surface area is 138 Å². The first-order valence-electron chi connectivity index (χ1n) is 6.74. The van der Waals surface area contributed by atoms with Gasteiger partial charge in [-0.1, -0.05) is 6.07 Å². The van der Waals surface area contributed by atoms with Crippen LogP contribution >= 0.6 is 0 Å². The third kappa shape index (κ3) is 4.52. The van der Waals surface area contributed by atoms with Crippen LogP contribution in [0.3, 0.4) is 0 Å². The van der Waals surface area contributed by atoms with Crippen molar-refractivity contribution >= 4 is 17.7 Å². The predicted octanol–water partition coefficient (Wildman–Crippen LogP) is 4.58. The topological polar surface area (TPSA) is 55.4 Å². The van der Waals surface area contributed by atoms with Crippen LogP contribution in [0.15, 0.2) is 36.4 Å². The standard InChI is InChI=1S/C16H10F5NO3/c1-8-6-9(2-4-12(8)18)11-7-10(17)3-5-13(11)22-15(24)25-14(23)16(19,20)21/h2-7H,1H3,(H,22,24). The van der Waals surface area contributed by atoms with Gasteiger partial charge >= 0.3 is 18.2 Å². The molecule has 9 heteroatoms. The summed E-state index contributed by atoms with van der Waals surface area (Å²) in [5.74, 6) is -3.89. The van der Waals surface area contributed by atoms with Crippen LogP contribution in [0.1, 0.15) is 5.56 Å². The lowest BCUT2D eigenvalue weighted by atomic mass is 10.0. The minimum Gasteiger partial charge on any atom is -0.369 e. The average molecular weight is 359 g/mol. The Morgan fingerprint density at radius 1 is 1.04 bits per heavy atom. The second-order valence-corrected chi connectivity index (χ2v) is 4.95. The summed E-state index contributed by atoms with van der Waals surface area (Å²) in [7, 11) is 0. The number of anilines is 1. The Balaban J connectivity index is 2.31. The van der Waals surface area contributed by atoms with Gasteiger partial charge in [0.05, 0.1) is 5.69 Å². The maximum Gasteiger partial charge on any atom is 0.491 e. The lowest BCUT2D eigenvalue weighted by Crippen LogP contribution is -2.30. The zero-order chi connectivity index (χ0) is 18.8. The van der Waals surface area contributed by atoms with Crippen molar-refractivity contribution in [2.45, 2.75) is 13.1 Å². The lowest BCUT2D eigenvalue weighted by molar-refractivity contribution is -0.192. The zero-order valence-corrected chi connectivity index (χ0v) is 12.6. The average Bonchev–Trinajstić information content (AvgIpc) is 2.51. The third-order valence-corrected chi connectivity index (χ3v) is 3.10. The maximum absolute atomic E-state index is 13.5. The molecule has 0 aliphatic heterocycles. The van der Waals surface area contributed by atoms with Gasteiger partial charge in [-0.05, 0) is 48.4 Å². The van der Waals surface area contributed by atoms with Gasteiger partial charge in [0.1, 0.15) is 11.6 Å². The Morgan fingerprint density at radius 3 is 2.32 bits per heavy atom. The molecule has 0 radical (unpaired) electrons. The summed E-state index contributed by atoms with van der Waals surface area (Å²) >= 11 is 0. The number of amides is 1. The molecule has 0 spiro atoms. The van der Waals surface area contributed by atoms with Crippen molar-refractivity contribution in [3.63, 3.8) is 0 Å². The Bertz CT molecular complexity index is 833. The molecule has 0 bridgehead atoms. The van der Waals surface area contributed by atoms with E-state index in [9.17, 15) is 31.5 Å². The van der Waals surface area contributed by atoms with Gasteiger partial charge in [0.15, 0.2) is 0 Å². The second kappa shape index (κ2) is 6.88. The van der Waals surface area contributed by atoms with E-state index in [2.05, 4.69) is 4.74 Å². The molecule has 2 aromatic rings. The number of carbonyl (C=O) groups excluding carboxylic acids is 2. The number of esters is 1. The molecule has 0 heterocycles. The van der Waals surface area contributed by atoms with Crippen molar-refractivity contribution in [1.29, 1.82) is 0 Å². The number of hydrogen-bond acceptors (Lipinski definition) is 3. The van der Waals surface area contributed by atoms with Gasteiger partial charge in [-0.25, -0.2) is 18.4 Å². The number of ether oxygens (including phenoxy) is 1. The molecule has 0 aliphatic rings. The molecule has 2 rings (SSSR count). The molecule has 132 valence electrons. The summed E-state index contributed by atoms with van der Waals surface area (Å²) in [6.45, 7) is 1.46. The first-order chi connectivity index (χ1) is 11.6. The summed E-state index contributed by atoms with van der Waals surface area (Å²) in [6, 6.07) is 6.79. The van der Waals surface area contributed by atoms with Crippen LogP contribution in [-0.2, 0) is 9.53 Å².